The number of hydrogen-bond donors (Lipinski definition) is 3. The molecule has 3 nitrogen and oxygen atoms in total. The average molecular weight is 318 g/mol. The van der Waals surface area contributed by atoms with E-state index < -0.39 is 12.2 Å². The van der Waals surface area contributed by atoms with E-state index >= 15 is 0 Å². The average Bonchev–Trinajstić information content (AvgIpc) is 2.43. The number of aliphatic hydroxyl groups excluding tert-OH is 2. The first kappa shape index (κ1) is 16.8. The highest BCUT2D eigenvalue weighted by Crippen LogP contribution is 2.59. The van der Waals surface area contributed by atoms with E-state index in [0.717, 1.165) is 36.0 Å². The number of aromatic hydroxyl groups is 1. The Morgan fingerprint density at radius 1 is 1.09 bits per heavy atom. The van der Waals surface area contributed by atoms with Crippen molar-refractivity contribution in [1.82, 2.24) is 0 Å². The normalized spacial score (nSPS) is 35.7. The predicted octanol–water partition coefficient (Wildman–Crippen LogP) is 4.01. The third kappa shape index (κ3) is 2.32. The van der Waals surface area contributed by atoms with Crippen LogP contribution in [0.4, 0.5) is 0 Å². The Morgan fingerprint density at radius 2 is 1.74 bits per heavy atom. The first-order valence-electron chi connectivity index (χ1n) is 8.83. The molecule has 1 aromatic rings. The standard InChI is InChI=1S/C20H30O3/c1-11(2)12-9-13-14(10-15(12)21)20(5)8-6-7-19(3,4)18(20)17(23)16(13)22/h9-11,16-18,21-23H,6-8H2,1-5H3/t16-,17+,18+,20-/m1/s1. The molecular formula is C20H30O3. The maximum Gasteiger partial charge on any atom is 0.119 e. The van der Waals surface area contributed by atoms with Crippen molar-refractivity contribution < 1.29 is 15.3 Å². The van der Waals surface area contributed by atoms with Crippen LogP contribution in [-0.2, 0) is 5.41 Å². The van der Waals surface area contributed by atoms with Gasteiger partial charge in [-0.2, -0.15) is 0 Å². The summed E-state index contributed by atoms with van der Waals surface area (Å²) in [4.78, 5) is 0. The fourth-order valence-corrected chi connectivity index (χ4v) is 5.42. The van der Waals surface area contributed by atoms with Crippen LogP contribution >= 0.6 is 0 Å². The number of phenolic OH excluding ortho intramolecular Hbond substituents is 1. The number of benzene rings is 1. The van der Waals surface area contributed by atoms with Crippen LogP contribution in [0, 0.1) is 11.3 Å². The molecule has 1 fully saturated rings. The van der Waals surface area contributed by atoms with Gasteiger partial charge in [0, 0.05) is 5.92 Å². The fraction of sp³-hybridized carbons (Fsp3) is 0.700. The topological polar surface area (TPSA) is 60.7 Å². The van der Waals surface area contributed by atoms with E-state index in [2.05, 4.69) is 20.8 Å². The van der Waals surface area contributed by atoms with Crippen LogP contribution in [0.1, 0.15) is 82.6 Å². The van der Waals surface area contributed by atoms with Gasteiger partial charge in [0.15, 0.2) is 0 Å². The Balaban J connectivity index is 2.24. The maximum atomic E-state index is 10.9. The van der Waals surface area contributed by atoms with Gasteiger partial charge in [-0.3, -0.25) is 0 Å². The number of phenols is 1. The van der Waals surface area contributed by atoms with Gasteiger partial charge >= 0.3 is 0 Å². The van der Waals surface area contributed by atoms with Crippen molar-refractivity contribution in [2.45, 2.75) is 77.4 Å². The number of aliphatic hydroxyl groups is 2. The summed E-state index contributed by atoms with van der Waals surface area (Å²) in [6.07, 6.45) is 1.52. The fourth-order valence-electron chi connectivity index (χ4n) is 5.42. The molecule has 3 N–H and O–H groups in total. The predicted molar refractivity (Wildman–Crippen MR) is 91.6 cm³/mol. The minimum Gasteiger partial charge on any atom is -0.508 e. The zero-order chi connectivity index (χ0) is 17.2. The summed E-state index contributed by atoms with van der Waals surface area (Å²) in [5.41, 5.74) is 2.43. The maximum absolute atomic E-state index is 10.9. The smallest absolute Gasteiger partial charge is 0.119 e. The van der Waals surface area contributed by atoms with Crippen LogP contribution < -0.4 is 0 Å². The lowest BCUT2D eigenvalue weighted by Crippen LogP contribution is -2.55. The van der Waals surface area contributed by atoms with E-state index in [9.17, 15) is 15.3 Å². The SMILES string of the molecule is CC(C)c1cc2c(cc1O)[C@@]1(C)CCCC(C)(C)[C@@H]1[C@@H](O)[C@@H]2O. The summed E-state index contributed by atoms with van der Waals surface area (Å²) >= 11 is 0. The number of fused-ring (bicyclic) bond motifs is 3. The molecule has 23 heavy (non-hydrogen) atoms. The third-order valence-corrected chi connectivity index (χ3v) is 6.47. The van der Waals surface area contributed by atoms with Gasteiger partial charge in [-0.25, -0.2) is 0 Å². The van der Waals surface area contributed by atoms with Crippen molar-refractivity contribution in [3.63, 3.8) is 0 Å². The van der Waals surface area contributed by atoms with Crippen molar-refractivity contribution in [3.05, 3.63) is 28.8 Å². The Bertz CT molecular complexity index is 620. The molecule has 0 bridgehead atoms. The molecule has 0 radical (unpaired) electrons. The summed E-state index contributed by atoms with van der Waals surface area (Å²) < 4.78 is 0. The Morgan fingerprint density at radius 3 is 2.35 bits per heavy atom. The molecular weight excluding hydrogens is 288 g/mol. The molecule has 0 spiro atoms. The van der Waals surface area contributed by atoms with Crippen LogP contribution in [0.3, 0.4) is 0 Å². The highest BCUT2D eigenvalue weighted by Gasteiger charge is 2.56. The van der Waals surface area contributed by atoms with Crippen LogP contribution in [0.2, 0.25) is 0 Å². The van der Waals surface area contributed by atoms with E-state index in [1.807, 2.05) is 26.0 Å². The second kappa shape index (κ2) is 5.22. The lowest BCUT2D eigenvalue weighted by atomic mass is 9.49. The van der Waals surface area contributed by atoms with Crippen LogP contribution in [0.5, 0.6) is 5.75 Å². The molecule has 0 unspecified atom stereocenters. The molecule has 3 heteroatoms. The molecule has 4 atom stereocenters. The van der Waals surface area contributed by atoms with Gasteiger partial charge in [-0.1, -0.05) is 41.0 Å². The molecule has 0 heterocycles. The van der Waals surface area contributed by atoms with Gasteiger partial charge in [0.2, 0.25) is 0 Å². The first-order chi connectivity index (χ1) is 10.6. The third-order valence-electron chi connectivity index (χ3n) is 6.47. The summed E-state index contributed by atoms with van der Waals surface area (Å²) in [5.74, 6) is 0.485. The van der Waals surface area contributed by atoms with Gasteiger partial charge in [0.1, 0.15) is 11.9 Å². The monoisotopic (exact) mass is 318 g/mol. The van der Waals surface area contributed by atoms with Crippen molar-refractivity contribution in [3.8, 4) is 5.75 Å². The second-order valence-corrected chi connectivity index (χ2v) is 8.83. The first-order valence-corrected chi connectivity index (χ1v) is 8.83. The van der Waals surface area contributed by atoms with E-state index in [1.165, 1.54) is 0 Å². The summed E-state index contributed by atoms with van der Waals surface area (Å²) in [7, 11) is 0. The number of hydrogen-bond acceptors (Lipinski definition) is 3. The van der Waals surface area contributed by atoms with Gasteiger partial charge < -0.3 is 15.3 Å². The van der Waals surface area contributed by atoms with E-state index in [-0.39, 0.29) is 22.7 Å². The Kier molecular flexibility index (Phi) is 3.81. The van der Waals surface area contributed by atoms with Crippen molar-refractivity contribution >= 4 is 0 Å². The quantitative estimate of drug-likeness (QED) is 0.733. The summed E-state index contributed by atoms with van der Waals surface area (Å²) in [6, 6.07) is 3.76. The molecule has 0 aromatic heterocycles. The summed E-state index contributed by atoms with van der Waals surface area (Å²) in [5, 5.41) is 32.2. The van der Waals surface area contributed by atoms with Crippen LogP contribution in [0.25, 0.3) is 0 Å². The van der Waals surface area contributed by atoms with Gasteiger partial charge in [-0.15, -0.1) is 0 Å². The zero-order valence-electron chi connectivity index (χ0n) is 14.9. The molecule has 0 aliphatic heterocycles. The van der Waals surface area contributed by atoms with Crippen molar-refractivity contribution in [2.24, 2.45) is 11.3 Å². The van der Waals surface area contributed by atoms with E-state index in [0.29, 0.717) is 5.75 Å². The Labute approximate surface area is 139 Å². The molecule has 0 saturated heterocycles. The minimum absolute atomic E-state index is 0.00412. The van der Waals surface area contributed by atoms with Crippen LogP contribution in [0.15, 0.2) is 12.1 Å². The lowest BCUT2D eigenvalue weighted by Gasteiger charge is -2.57. The van der Waals surface area contributed by atoms with Crippen LogP contribution in [-0.4, -0.2) is 21.4 Å². The van der Waals surface area contributed by atoms with Gasteiger partial charge in [0.25, 0.3) is 0 Å². The van der Waals surface area contributed by atoms with E-state index in [1.54, 1.807) is 0 Å². The lowest BCUT2D eigenvalue weighted by molar-refractivity contribution is -0.113. The second-order valence-electron chi connectivity index (χ2n) is 8.83. The van der Waals surface area contributed by atoms with Gasteiger partial charge in [-0.05, 0) is 58.4 Å². The largest absolute Gasteiger partial charge is 0.508 e. The number of rotatable bonds is 1. The Hall–Kier alpha value is -1.06. The highest BCUT2D eigenvalue weighted by molar-refractivity contribution is 5.50. The summed E-state index contributed by atoms with van der Waals surface area (Å²) in [6.45, 7) is 10.6. The molecule has 1 aromatic carbocycles. The van der Waals surface area contributed by atoms with Gasteiger partial charge in [0.05, 0.1) is 6.10 Å². The molecule has 128 valence electrons. The molecule has 1 saturated carbocycles. The minimum atomic E-state index is -0.876. The molecule has 2 aliphatic rings. The molecule has 2 aliphatic carbocycles. The highest BCUT2D eigenvalue weighted by atomic mass is 16.3. The van der Waals surface area contributed by atoms with Crippen molar-refractivity contribution in [1.29, 1.82) is 0 Å². The molecule has 3 rings (SSSR count). The van der Waals surface area contributed by atoms with E-state index in [4.69, 9.17) is 0 Å². The van der Waals surface area contributed by atoms with Crippen molar-refractivity contribution in [2.75, 3.05) is 0 Å². The zero-order valence-corrected chi connectivity index (χ0v) is 14.9. The molecule has 0 amide bonds.